The van der Waals surface area contributed by atoms with Gasteiger partial charge in [-0.25, -0.2) is 8.78 Å². The Labute approximate surface area is 484 Å². The second-order valence-electron chi connectivity index (χ2n) is 23.7. The highest BCUT2D eigenvalue weighted by molar-refractivity contribution is 6.00. The summed E-state index contributed by atoms with van der Waals surface area (Å²) in [5.74, 6) is -3.00. The second kappa shape index (κ2) is 31.3. The predicted octanol–water partition coefficient (Wildman–Crippen LogP) is 8.66. The molecule has 0 spiro atoms. The summed E-state index contributed by atoms with van der Waals surface area (Å²) in [6.45, 7) is 7.34. The van der Waals surface area contributed by atoms with E-state index in [1.165, 1.54) is 48.5 Å². The third-order valence-electron chi connectivity index (χ3n) is 18.1. The van der Waals surface area contributed by atoms with E-state index in [2.05, 4.69) is 16.0 Å². The van der Waals surface area contributed by atoms with Gasteiger partial charge in [0, 0.05) is 93.6 Å². The van der Waals surface area contributed by atoms with Gasteiger partial charge in [-0.2, -0.15) is 0 Å². The van der Waals surface area contributed by atoms with Crippen LogP contribution in [-0.4, -0.2) is 144 Å². The second-order valence-corrected chi connectivity index (χ2v) is 23.7. The fourth-order valence-corrected chi connectivity index (χ4v) is 12.6. The van der Waals surface area contributed by atoms with Crippen molar-refractivity contribution in [2.45, 2.75) is 173 Å². The van der Waals surface area contributed by atoms with E-state index in [0.29, 0.717) is 50.8 Å². The average Bonchev–Trinajstić information content (AvgIpc) is 4.20. The first-order valence-electron chi connectivity index (χ1n) is 30.6. The van der Waals surface area contributed by atoms with Crippen LogP contribution in [0.4, 0.5) is 8.78 Å². The first-order chi connectivity index (χ1) is 39.5. The Bertz CT molecular complexity index is 2450. The van der Waals surface area contributed by atoms with Gasteiger partial charge in [-0.3, -0.25) is 38.4 Å². The van der Waals surface area contributed by atoms with Gasteiger partial charge in [0.05, 0.1) is 12.6 Å². The summed E-state index contributed by atoms with van der Waals surface area (Å²) >= 11 is 0. The zero-order valence-corrected chi connectivity index (χ0v) is 48.9. The zero-order chi connectivity index (χ0) is 58.7. The fourth-order valence-electron chi connectivity index (χ4n) is 12.6. The van der Waals surface area contributed by atoms with E-state index in [-0.39, 0.29) is 146 Å². The van der Waals surface area contributed by atoms with Crippen molar-refractivity contribution >= 4 is 47.0 Å². The van der Waals surface area contributed by atoms with Crippen LogP contribution >= 0.6 is 0 Å². The Morgan fingerprint density at radius 2 is 1.10 bits per heavy atom. The molecule has 2 aliphatic carbocycles. The van der Waals surface area contributed by atoms with Gasteiger partial charge in [-0.1, -0.05) is 88.8 Å². The van der Waals surface area contributed by atoms with Gasteiger partial charge >= 0.3 is 0 Å². The highest BCUT2D eigenvalue weighted by Gasteiger charge is 2.41. The van der Waals surface area contributed by atoms with E-state index in [1.807, 2.05) is 30.6 Å². The molecular formula is C65H89F2N7O8. The first-order valence-corrected chi connectivity index (χ1v) is 30.6. The summed E-state index contributed by atoms with van der Waals surface area (Å²) in [4.78, 5) is 118. The van der Waals surface area contributed by atoms with Crippen molar-refractivity contribution in [1.82, 2.24) is 35.6 Å². The number of likely N-dealkylation sites (tertiary alicyclic amines) is 2. The third-order valence-corrected chi connectivity index (χ3v) is 18.1. The number of nitrogens with zero attached hydrogens (tertiary/aromatic N) is 4. The van der Waals surface area contributed by atoms with Crippen LogP contribution in [0.15, 0.2) is 72.8 Å². The summed E-state index contributed by atoms with van der Waals surface area (Å²) < 4.78 is 27.7. The van der Waals surface area contributed by atoms with E-state index >= 15 is 0 Å². The van der Waals surface area contributed by atoms with Crippen LogP contribution in [0.1, 0.15) is 168 Å². The molecule has 2 heterocycles. The van der Waals surface area contributed by atoms with Gasteiger partial charge in [-0.15, -0.1) is 0 Å². The largest absolute Gasteiger partial charge is 0.344 e. The van der Waals surface area contributed by atoms with Gasteiger partial charge in [0.2, 0.25) is 29.5 Å². The molecule has 446 valence electrons. The van der Waals surface area contributed by atoms with Crippen molar-refractivity contribution in [3.63, 3.8) is 0 Å². The first kappa shape index (κ1) is 63.2. The summed E-state index contributed by atoms with van der Waals surface area (Å²) in [6, 6.07) is 16.6. The molecule has 17 heteroatoms. The molecule has 4 fully saturated rings. The number of benzene rings is 3. The average molecular weight is 1130 g/mol. The summed E-state index contributed by atoms with van der Waals surface area (Å²) in [7, 11) is 1.74. The molecule has 2 saturated heterocycles. The van der Waals surface area contributed by atoms with E-state index in [4.69, 9.17) is 0 Å². The monoisotopic (exact) mass is 1130 g/mol. The lowest BCUT2D eigenvalue weighted by Gasteiger charge is -2.37. The molecule has 3 aromatic rings. The Hall–Kier alpha value is -6.36. The minimum atomic E-state index is -0.640. The standard InChI is InChI=1S/C65H89F2N7O8/c1-5-44(2)62(79)70-61(50-16-10-7-11-17-50)65(82)74-37-13-19-55(74)42-71(38-34-46-20-28-52(66)29-21-46)59(77)33-32-57(75)49-24-26-51(27-25-49)63(80)69-41-60(78)72(39-35-47-22-30-53(67)31-23-47)43-54-18-12-36-73(54)64(81)56(40-58(76)45(3)68-4)48-14-8-6-9-15-48/h20-31,44-45,48,50,54-56,61,68H,5-19,32-43H2,1-4H3,(H,69,80)(H,70,79)/t44-,45+,54+,55+,56+,61+/m1/s1. The molecule has 0 bridgehead atoms. The van der Waals surface area contributed by atoms with Crippen LogP contribution in [0, 0.1) is 35.3 Å². The lowest BCUT2D eigenvalue weighted by Crippen LogP contribution is -2.56. The Morgan fingerprint density at radius 1 is 0.598 bits per heavy atom. The number of carbonyl (C=O) groups is 8. The topological polar surface area (TPSA) is 186 Å². The van der Waals surface area contributed by atoms with Crippen molar-refractivity contribution in [2.24, 2.45) is 23.7 Å². The molecule has 2 saturated carbocycles. The summed E-state index contributed by atoms with van der Waals surface area (Å²) in [5, 5.41) is 8.91. The fraction of sp³-hybridized carbons (Fsp3) is 0.600. The van der Waals surface area contributed by atoms with Crippen molar-refractivity contribution in [2.75, 3.05) is 52.9 Å². The van der Waals surface area contributed by atoms with Crippen molar-refractivity contribution < 1.29 is 47.1 Å². The molecule has 0 unspecified atom stereocenters. The minimum absolute atomic E-state index is 0.00434. The number of nitrogens with one attached hydrogen (secondary N) is 3. The van der Waals surface area contributed by atoms with Crippen molar-refractivity contribution in [3.05, 3.63) is 107 Å². The van der Waals surface area contributed by atoms with E-state index in [1.54, 1.807) is 41.1 Å². The lowest BCUT2D eigenvalue weighted by atomic mass is 9.76. The molecule has 4 aliphatic rings. The molecule has 6 atom stereocenters. The molecule has 15 nitrogen and oxygen atoms in total. The van der Waals surface area contributed by atoms with Crippen LogP contribution in [0.25, 0.3) is 0 Å². The number of hydrogen-bond acceptors (Lipinski definition) is 9. The third kappa shape index (κ3) is 17.8. The number of ketones is 2. The molecule has 2 aliphatic heterocycles. The Balaban J connectivity index is 0.973. The van der Waals surface area contributed by atoms with Crippen LogP contribution in [0.2, 0.25) is 0 Å². The maximum atomic E-state index is 14.5. The Morgan fingerprint density at radius 3 is 1.62 bits per heavy atom. The number of amides is 6. The SMILES string of the molecule is CC[C@@H](C)C(=O)N[C@H](C(=O)N1CCC[C@H]1CN(CCc1ccc(F)cc1)C(=O)CCC(=O)c1ccc(C(=O)NCC(=O)N(CCc2ccc(F)cc2)C[C@@H]2CCCN2C(=O)[C@@H](CC(=O)[C@H](C)NC)C2CCCCC2)cc1)C1CCCCC1. The van der Waals surface area contributed by atoms with E-state index < -0.39 is 17.9 Å². The number of hydrogen-bond donors (Lipinski definition) is 3. The maximum Gasteiger partial charge on any atom is 0.251 e. The van der Waals surface area contributed by atoms with E-state index in [0.717, 1.165) is 88.2 Å². The molecule has 3 aromatic carbocycles. The quantitative estimate of drug-likeness (QED) is 0.0599. The van der Waals surface area contributed by atoms with Gasteiger partial charge < -0.3 is 35.6 Å². The van der Waals surface area contributed by atoms with Gasteiger partial charge in [-0.05, 0) is 144 Å². The molecule has 3 N–H and O–H groups in total. The molecule has 0 radical (unpaired) electrons. The van der Waals surface area contributed by atoms with Crippen molar-refractivity contribution in [1.29, 1.82) is 0 Å². The highest BCUT2D eigenvalue weighted by Crippen LogP contribution is 2.36. The molecule has 0 aromatic heterocycles. The molecule has 6 amide bonds. The van der Waals surface area contributed by atoms with Gasteiger partial charge in [0.25, 0.3) is 5.91 Å². The normalized spacial score (nSPS) is 19.2. The maximum absolute atomic E-state index is 14.5. The van der Waals surface area contributed by atoms with Gasteiger partial charge in [0.15, 0.2) is 5.78 Å². The number of carbonyl (C=O) groups excluding carboxylic acids is 8. The summed E-state index contributed by atoms with van der Waals surface area (Å²) in [6.07, 6.45) is 14.1. The number of rotatable bonds is 28. The number of likely N-dealkylation sites (N-methyl/N-ethyl adjacent to an activating group) is 1. The van der Waals surface area contributed by atoms with Crippen LogP contribution in [0.5, 0.6) is 0 Å². The minimum Gasteiger partial charge on any atom is -0.344 e. The van der Waals surface area contributed by atoms with Crippen LogP contribution in [0.3, 0.4) is 0 Å². The molecular weight excluding hydrogens is 1040 g/mol. The summed E-state index contributed by atoms with van der Waals surface area (Å²) in [5.41, 5.74) is 2.17. The Kier molecular flexibility index (Phi) is 24.2. The molecule has 82 heavy (non-hydrogen) atoms. The zero-order valence-electron chi connectivity index (χ0n) is 48.9. The lowest BCUT2D eigenvalue weighted by molar-refractivity contribution is -0.143. The predicted molar refractivity (Wildman–Crippen MR) is 311 cm³/mol. The van der Waals surface area contributed by atoms with Gasteiger partial charge in [0.1, 0.15) is 23.5 Å². The van der Waals surface area contributed by atoms with E-state index in [9.17, 15) is 47.1 Å². The van der Waals surface area contributed by atoms with Crippen LogP contribution in [-0.2, 0) is 41.6 Å². The number of halogens is 2. The van der Waals surface area contributed by atoms with Crippen molar-refractivity contribution in [3.8, 4) is 0 Å². The smallest absolute Gasteiger partial charge is 0.251 e. The number of Topliss-reactive ketones (excluding diaryl/α,β-unsaturated/α-hetero) is 2. The van der Waals surface area contributed by atoms with Crippen LogP contribution < -0.4 is 16.0 Å². The highest BCUT2D eigenvalue weighted by atomic mass is 19.1. The molecule has 7 rings (SSSR count).